The molecule has 1 aliphatic rings. The SMILES string of the molecule is C=CC(=C)N1CC[C@H](Nc2ncnc3[nH]c(C#CCOc4ccccc4F)cc23)C1. The van der Waals surface area contributed by atoms with E-state index in [0.717, 1.165) is 36.4 Å². The van der Waals surface area contributed by atoms with Crippen molar-refractivity contribution in [2.45, 2.75) is 12.5 Å². The van der Waals surface area contributed by atoms with Crippen molar-refractivity contribution in [3.8, 4) is 17.6 Å². The van der Waals surface area contributed by atoms with Crippen LogP contribution < -0.4 is 10.1 Å². The number of nitrogens with one attached hydrogen (secondary N) is 2. The molecule has 7 heteroatoms. The predicted octanol–water partition coefficient (Wildman–Crippen LogP) is 3.71. The first-order valence-corrected chi connectivity index (χ1v) is 9.67. The topological polar surface area (TPSA) is 66.1 Å². The molecule has 1 saturated heterocycles. The maximum Gasteiger partial charge on any atom is 0.165 e. The van der Waals surface area contributed by atoms with Crippen molar-refractivity contribution in [3.63, 3.8) is 0 Å². The number of benzene rings is 1. The van der Waals surface area contributed by atoms with E-state index in [1.165, 1.54) is 12.4 Å². The Hall–Kier alpha value is -3.79. The van der Waals surface area contributed by atoms with Crippen molar-refractivity contribution in [2.24, 2.45) is 0 Å². The molecule has 3 heterocycles. The van der Waals surface area contributed by atoms with Gasteiger partial charge in [0.25, 0.3) is 0 Å². The quantitative estimate of drug-likeness (QED) is 0.485. The van der Waals surface area contributed by atoms with E-state index in [1.54, 1.807) is 24.3 Å². The zero-order valence-electron chi connectivity index (χ0n) is 16.5. The Morgan fingerprint density at radius 2 is 2.27 bits per heavy atom. The van der Waals surface area contributed by atoms with E-state index in [-0.39, 0.29) is 18.4 Å². The van der Waals surface area contributed by atoms with Crippen molar-refractivity contribution in [1.29, 1.82) is 0 Å². The third kappa shape index (κ3) is 4.28. The Kier molecular flexibility index (Phi) is 5.66. The average molecular weight is 403 g/mol. The lowest BCUT2D eigenvalue weighted by Crippen LogP contribution is -2.25. The predicted molar refractivity (Wildman–Crippen MR) is 116 cm³/mol. The molecule has 1 atom stereocenters. The molecule has 1 fully saturated rings. The van der Waals surface area contributed by atoms with E-state index >= 15 is 0 Å². The molecule has 0 radical (unpaired) electrons. The van der Waals surface area contributed by atoms with Gasteiger partial charge in [0, 0.05) is 24.8 Å². The molecule has 4 rings (SSSR count). The molecular weight excluding hydrogens is 381 g/mol. The Morgan fingerprint density at radius 3 is 3.10 bits per heavy atom. The van der Waals surface area contributed by atoms with Crippen LogP contribution in [-0.2, 0) is 0 Å². The summed E-state index contributed by atoms with van der Waals surface area (Å²) < 4.78 is 18.9. The van der Waals surface area contributed by atoms with E-state index in [1.807, 2.05) is 6.07 Å². The van der Waals surface area contributed by atoms with Crippen LogP contribution in [0.4, 0.5) is 10.2 Å². The van der Waals surface area contributed by atoms with Crippen LogP contribution in [0.15, 0.2) is 61.6 Å². The van der Waals surface area contributed by atoms with Gasteiger partial charge >= 0.3 is 0 Å². The van der Waals surface area contributed by atoms with E-state index in [9.17, 15) is 4.39 Å². The smallest absolute Gasteiger partial charge is 0.165 e. The van der Waals surface area contributed by atoms with Gasteiger partial charge in [0.05, 0.1) is 11.1 Å². The highest BCUT2D eigenvalue weighted by atomic mass is 19.1. The summed E-state index contributed by atoms with van der Waals surface area (Å²) in [6.07, 6.45) is 4.29. The number of likely N-dealkylation sites (tertiary alicyclic amines) is 1. The number of anilines is 1. The number of rotatable bonds is 6. The minimum Gasteiger partial charge on any atom is -0.478 e. The van der Waals surface area contributed by atoms with Gasteiger partial charge in [0.15, 0.2) is 11.6 Å². The highest BCUT2D eigenvalue weighted by Crippen LogP contribution is 2.24. The van der Waals surface area contributed by atoms with Crippen molar-refractivity contribution in [1.82, 2.24) is 19.9 Å². The second kappa shape index (κ2) is 8.70. The standard InChI is InChI=1S/C23H22FN5O/c1-3-16(2)29-11-10-18(14-29)28-23-19-13-17(27-22(19)25-15-26-23)7-6-12-30-21-9-5-4-8-20(21)24/h3-5,8-9,13,15,18H,1-2,10-12,14H2,(H2,25,26,27,28)/t18-/m0/s1. The third-order valence-electron chi connectivity index (χ3n) is 4.96. The van der Waals surface area contributed by atoms with Gasteiger partial charge in [0.2, 0.25) is 0 Å². The summed E-state index contributed by atoms with van der Waals surface area (Å²) in [5, 5.41) is 4.37. The zero-order valence-corrected chi connectivity index (χ0v) is 16.5. The normalized spacial score (nSPS) is 15.5. The van der Waals surface area contributed by atoms with Crippen molar-refractivity contribution in [2.75, 3.05) is 25.0 Å². The molecule has 0 amide bonds. The largest absolute Gasteiger partial charge is 0.478 e. The number of hydrogen-bond donors (Lipinski definition) is 2. The van der Waals surface area contributed by atoms with Gasteiger partial charge in [-0.25, -0.2) is 14.4 Å². The van der Waals surface area contributed by atoms with Crippen molar-refractivity contribution < 1.29 is 9.13 Å². The van der Waals surface area contributed by atoms with Gasteiger partial charge in [-0.05, 0) is 36.6 Å². The summed E-state index contributed by atoms with van der Waals surface area (Å²) in [4.78, 5) is 14.1. The van der Waals surface area contributed by atoms with Gasteiger partial charge < -0.3 is 19.9 Å². The van der Waals surface area contributed by atoms with Gasteiger partial charge in [-0.2, -0.15) is 0 Å². The van der Waals surface area contributed by atoms with Crippen LogP contribution in [0.3, 0.4) is 0 Å². The lowest BCUT2D eigenvalue weighted by Gasteiger charge is -2.19. The molecule has 1 aromatic carbocycles. The molecule has 0 bridgehead atoms. The number of nitrogens with zero attached hydrogens (tertiary/aromatic N) is 3. The monoisotopic (exact) mass is 403 g/mol. The molecule has 3 aromatic rings. The van der Waals surface area contributed by atoms with Crippen LogP contribution in [0.1, 0.15) is 12.1 Å². The molecule has 30 heavy (non-hydrogen) atoms. The number of H-pyrrole nitrogens is 1. The lowest BCUT2D eigenvalue weighted by atomic mass is 10.2. The van der Waals surface area contributed by atoms with Crippen LogP contribution in [0.2, 0.25) is 0 Å². The maximum absolute atomic E-state index is 13.6. The van der Waals surface area contributed by atoms with Crippen molar-refractivity contribution >= 4 is 16.9 Å². The Bertz CT molecular complexity index is 1140. The first-order chi connectivity index (χ1) is 14.6. The number of para-hydroxylation sites is 1. The van der Waals surface area contributed by atoms with Gasteiger partial charge in [-0.3, -0.25) is 0 Å². The number of fused-ring (bicyclic) bond motifs is 1. The van der Waals surface area contributed by atoms with E-state index in [0.29, 0.717) is 11.3 Å². The van der Waals surface area contributed by atoms with Crippen LogP contribution in [0.25, 0.3) is 11.0 Å². The molecule has 1 aliphatic heterocycles. The Balaban J connectivity index is 1.43. The lowest BCUT2D eigenvalue weighted by molar-refractivity contribution is 0.348. The molecule has 2 N–H and O–H groups in total. The number of aromatic amines is 1. The fourth-order valence-electron chi connectivity index (χ4n) is 3.39. The third-order valence-corrected chi connectivity index (χ3v) is 4.96. The molecule has 0 spiro atoms. The zero-order chi connectivity index (χ0) is 20.9. The number of allylic oxidation sites excluding steroid dienone is 1. The van der Waals surface area contributed by atoms with E-state index in [2.05, 4.69) is 50.2 Å². The van der Waals surface area contributed by atoms with Crippen LogP contribution in [0.5, 0.6) is 5.75 Å². The van der Waals surface area contributed by atoms with Gasteiger partial charge in [0.1, 0.15) is 24.4 Å². The van der Waals surface area contributed by atoms with Crippen LogP contribution in [0, 0.1) is 17.7 Å². The molecule has 0 unspecified atom stereocenters. The van der Waals surface area contributed by atoms with Crippen molar-refractivity contribution in [3.05, 3.63) is 73.1 Å². The van der Waals surface area contributed by atoms with Crippen LogP contribution in [-0.4, -0.2) is 45.6 Å². The maximum atomic E-state index is 13.6. The number of halogens is 1. The van der Waals surface area contributed by atoms with Gasteiger partial charge in [-0.15, -0.1) is 0 Å². The minimum atomic E-state index is -0.405. The number of aromatic nitrogens is 3. The average Bonchev–Trinajstić information content (AvgIpc) is 3.39. The summed E-state index contributed by atoms with van der Waals surface area (Å²) >= 11 is 0. The van der Waals surface area contributed by atoms with E-state index in [4.69, 9.17) is 4.74 Å². The Labute approximate surface area is 174 Å². The molecule has 6 nitrogen and oxygen atoms in total. The summed E-state index contributed by atoms with van der Waals surface area (Å²) in [5.41, 5.74) is 2.33. The Morgan fingerprint density at radius 1 is 1.40 bits per heavy atom. The summed E-state index contributed by atoms with van der Waals surface area (Å²) in [7, 11) is 0. The first kappa shape index (κ1) is 19.5. The first-order valence-electron chi connectivity index (χ1n) is 9.67. The number of ether oxygens (including phenoxy) is 1. The van der Waals surface area contributed by atoms with Crippen LogP contribution >= 0.6 is 0 Å². The fraction of sp³-hybridized carbons (Fsp3) is 0.217. The molecule has 2 aromatic heterocycles. The fourth-order valence-corrected chi connectivity index (χ4v) is 3.39. The summed E-state index contributed by atoms with van der Waals surface area (Å²) in [5.74, 6) is 6.43. The molecule has 152 valence electrons. The van der Waals surface area contributed by atoms with Gasteiger partial charge in [-0.1, -0.05) is 31.2 Å². The molecular formula is C23H22FN5O. The highest BCUT2D eigenvalue weighted by molar-refractivity contribution is 5.88. The van der Waals surface area contributed by atoms with E-state index < -0.39 is 5.82 Å². The summed E-state index contributed by atoms with van der Waals surface area (Å²) in [6.45, 7) is 9.66. The number of hydrogen-bond acceptors (Lipinski definition) is 5. The second-order valence-electron chi connectivity index (χ2n) is 6.96. The second-order valence-corrected chi connectivity index (χ2v) is 6.96. The minimum absolute atomic E-state index is 0.0815. The molecule has 0 aliphatic carbocycles. The molecule has 0 saturated carbocycles. The highest BCUT2D eigenvalue weighted by Gasteiger charge is 2.23. The summed E-state index contributed by atoms with van der Waals surface area (Å²) in [6, 6.07) is 8.42.